The van der Waals surface area contributed by atoms with E-state index in [9.17, 15) is 5.11 Å². The Morgan fingerprint density at radius 1 is 1.17 bits per heavy atom. The van der Waals surface area contributed by atoms with Crippen LogP contribution in [0.4, 0.5) is 0 Å². The summed E-state index contributed by atoms with van der Waals surface area (Å²) in [6.45, 7) is 2.36. The van der Waals surface area contributed by atoms with E-state index in [4.69, 9.17) is 0 Å². The number of aliphatic hydroxyl groups is 1. The van der Waals surface area contributed by atoms with Gasteiger partial charge in [-0.2, -0.15) is 4.68 Å². The number of β-amino-alcohol motifs (C(OH)–C–C–N with tert-alkyl or cyclic N) is 1. The molecule has 1 N–H and O–H groups in total. The summed E-state index contributed by atoms with van der Waals surface area (Å²) in [4.78, 5) is 2.15. The Morgan fingerprint density at radius 3 is 2.83 bits per heavy atom. The van der Waals surface area contributed by atoms with Crippen molar-refractivity contribution in [2.75, 3.05) is 13.1 Å². The molecule has 124 valence electrons. The average molecular weight is 326 g/mol. The minimum atomic E-state index is -0.807. The normalized spacial score (nSPS) is 21.4. The van der Waals surface area contributed by atoms with E-state index in [0.29, 0.717) is 26.1 Å². The van der Waals surface area contributed by atoms with E-state index in [0.717, 1.165) is 18.1 Å². The highest BCUT2D eigenvalue weighted by Gasteiger charge is 2.37. The second-order valence-electron chi connectivity index (χ2n) is 6.13. The second kappa shape index (κ2) is 6.10. The van der Waals surface area contributed by atoms with Crippen LogP contribution in [0.2, 0.25) is 0 Å². The van der Waals surface area contributed by atoms with E-state index in [-0.39, 0.29) is 0 Å². The second-order valence-corrected chi connectivity index (χ2v) is 6.13. The van der Waals surface area contributed by atoms with E-state index in [1.807, 2.05) is 30.3 Å². The molecule has 1 fully saturated rings. The van der Waals surface area contributed by atoms with Crippen molar-refractivity contribution in [3.63, 3.8) is 0 Å². The lowest BCUT2D eigenvalue weighted by Gasteiger charge is -2.22. The molecule has 1 aliphatic heterocycles. The van der Waals surface area contributed by atoms with Crippen LogP contribution < -0.4 is 0 Å². The van der Waals surface area contributed by atoms with Crippen molar-refractivity contribution in [3.8, 4) is 5.69 Å². The van der Waals surface area contributed by atoms with Crippen molar-refractivity contribution in [2.24, 2.45) is 0 Å². The van der Waals surface area contributed by atoms with Gasteiger partial charge in [0.15, 0.2) is 5.82 Å². The topological polar surface area (TPSA) is 97.8 Å². The zero-order chi connectivity index (χ0) is 16.4. The number of rotatable bonds is 5. The molecule has 9 nitrogen and oxygen atoms in total. The SMILES string of the molecule is OC1(Cn2ccnn2)CCN(Cc2nnnn2-c2ccccc2)C1. The zero-order valence-electron chi connectivity index (χ0n) is 13.1. The van der Waals surface area contributed by atoms with E-state index < -0.39 is 5.60 Å². The average Bonchev–Trinajstić information content (AvgIpc) is 3.31. The number of tetrazole rings is 1. The van der Waals surface area contributed by atoms with Crippen molar-refractivity contribution >= 4 is 0 Å². The third kappa shape index (κ3) is 3.03. The molecule has 1 aromatic carbocycles. The molecule has 2 aromatic heterocycles. The summed E-state index contributed by atoms with van der Waals surface area (Å²) in [5.41, 5.74) is 0.119. The van der Waals surface area contributed by atoms with Crippen LogP contribution in [0, 0.1) is 0 Å². The third-order valence-corrected chi connectivity index (χ3v) is 4.24. The smallest absolute Gasteiger partial charge is 0.170 e. The van der Waals surface area contributed by atoms with Gasteiger partial charge in [0.05, 0.1) is 30.6 Å². The third-order valence-electron chi connectivity index (χ3n) is 4.24. The van der Waals surface area contributed by atoms with E-state index >= 15 is 0 Å². The maximum absolute atomic E-state index is 10.8. The predicted molar refractivity (Wildman–Crippen MR) is 84.0 cm³/mol. The lowest BCUT2D eigenvalue weighted by molar-refractivity contribution is 0.0271. The molecule has 1 atom stereocenters. The number of para-hydroxylation sites is 1. The van der Waals surface area contributed by atoms with Gasteiger partial charge in [-0.25, -0.2) is 4.68 Å². The van der Waals surface area contributed by atoms with Gasteiger partial charge in [0.25, 0.3) is 0 Å². The first-order valence-electron chi connectivity index (χ1n) is 7.83. The number of hydrogen-bond donors (Lipinski definition) is 1. The van der Waals surface area contributed by atoms with Gasteiger partial charge in [0, 0.05) is 19.3 Å². The van der Waals surface area contributed by atoms with Gasteiger partial charge in [-0.1, -0.05) is 23.4 Å². The molecular weight excluding hydrogens is 308 g/mol. The fourth-order valence-corrected chi connectivity index (χ4v) is 3.10. The van der Waals surface area contributed by atoms with Crippen molar-refractivity contribution in [3.05, 3.63) is 48.5 Å². The molecule has 4 rings (SSSR count). The first kappa shape index (κ1) is 14.9. The largest absolute Gasteiger partial charge is 0.387 e. The van der Waals surface area contributed by atoms with Crippen molar-refractivity contribution < 1.29 is 5.11 Å². The standard InChI is InChI=1S/C15H18N8O/c24-15(12-22-9-7-16-19-22)6-8-21(11-15)10-14-17-18-20-23(14)13-4-2-1-3-5-13/h1-5,7,9,24H,6,8,10-12H2. The monoisotopic (exact) mass is 326 g/mol. The Balaban J connectivity index is 1.45. The van der Waals surface area contributed by atoms with Crippen LogP contribution in [-0.4, -0.2) is 63.9 Å². The van der Waals surface area contributed by atoms with Crippen LogP contribution in [0.25, 0.3) is 5.69 Å². The highest BCUT2D eigenvalue weighted by Crippen LogP contribution is 2.24. The summed E-state index contributed by atoms with van der Waals surface area (Å²) in [6, 6.07) is 9.79. The van der Waals surface area contributed by atoms with E-state index in [1.54, 1.807) is 21.8 Å². The molecule has 0 bridgehead atoms. The maximum Gasteiger partial charge on any atom is 0.170 e. The minimum Gasteiger partial charge on any atom is -0.387 e. The number of nitrogens with zero attached hydrogens (tertiary/aromatic N) is 8. The molecule has 0 spiro atoms. The van der Waals surface area contributed by atoms with Crippen LogP contribution in [0.15, 0.2) is 42.7 Å². The molecule has 0 aliphatic carbocycles. The van der Waals surface area contributed by atoms with Gasteiger partial charge >= 0.3 is 0 Å². The fraction of sp³-hybridized carbons (Fsp3) is 0.400. The van der Waals surface area contributed by atoms with Gasteiger partial charge in [-0.05, 0) is 29.0 Å². The summed E-state index contributed by atoms with van der Waals surface area (Å²) in [5.74, 6) is 0.756. The molecule has 3 heterocycles. The fourth-order valence-electron chi connectivity index (χ4n) is 3.10. The number of likely N-dealkylation sites (tertiary alicyclic amines) is 1. The zero-order valence-corrected chi connectivity index (χ0v) is 13.1. The van der Waals surface area contributed by atoms with Crippen LogP contribution in [0.3, 0.4) is 0 Å². The first-order valence-corrected chi connectivity index (χ1v) is 7.83. The molecule has 24 heavy (non-hydrogen) atoms. The Kier molecular flexibility index (Phi) is 3.79. The Hall–Kier alpha value is -2.65. The summed E-state index contributed by atoms with van der Waals surface area (Å²) in [6.07, 6.45) is 4.06. The molecule has 3 aromatic rings. The molecule has 0 saturated carbocycles. The van der Waals surface area contributed by atoms with Crippen molar-refractivity contribution in [1.29, 1.82) is 0 Å². The van der Waals surface area contributed by atoms with Crippen molar-refractivity contribution in [1.82, 2.24) is 40.1 Å². The van der Waals surface area contributed by atoms with E-state index in [2.05, 4.69) is 30.7 Å². The summed E-state index contributed by atoms with van der Waals surface area (Å²) in [7, 11) is 0. The quantitative estimate of drug-likeness (QED) is 0.698. The number of hydrogen-bond acceptors (Lipinski definition) is 7. The molecule has 0 amide bonds. The number of benzene rings is 1. The van der Waals surface area contributed by atoms with Gasteiger partial charge in [0.2, 0.25) is 0 Å². The Morgan fingerprint density at radius 2 is 2.04 bits per heavy atom. The van der Waals surface area contributed by atoms with Gasteiger partial charge in [-0.3, -0.25) is 4.90 Å². The van der Waals surface area contributed by atoms with Crippen molar-refractivity contribution in [2.45, 2.75) is 25.1 Å². The van der Waals surface area contributed by atoms with Crippen LogP contribution in [0.5, 0.6) is 0 Å². The molecule has 1 unspecified atom stereocenters. The van der Waals surface area contributed by atoms with Crippen LogP contribution >= 0.6 is 0 Å². The first-order chi connectivity index (χ1) is 11.7. The Bertz CT molecular complexity index is 787. The predicted octanol–water partition coefficient (Wildman–Crippen LogP) is -0.109. The summed E-state index contributed by atoms with van der Waals surface area (Å²) >= 11 is 0. The van der Waals surface area contributed by atoms with Gasteiger partial charge in [0.1, 0.15) is 0 Å². The highest BCUT2D eigenvalue weighted by atomic mass is 16.3. The molecular formula is C15H18N8O. The molecule has 9 heteroatoms. The van der Waals surface area contributed by atoms with Crippen LogP contribution in [-0.2, 0) is 13.1 Å². The number of aromatic nitrogens is 7. The van der Waals surface area contributed by atoms with Crippen LogP contribution in [0.1, 0.15) is 12.2 Å². The highest BCUT2D eigenvalue weighted by molar-refractivity contribution is 5.30. The molecule has 1 aliphatic rings. The summed E-state index contributed by atoms with van der Waals surface area (Å²) < 4.78 is 3.40. The van der Waals surface area contributed by atoms with Gasteiger partial charge in [-0.15, -0.1) is 10.2 Å². The summed E-state index contributed by atoms with van der Waals surface area (Å²) in [5, 5.41) is 30.5. The Labute approximate surface area is 138 Å². The van der Waals surface area contributed by atoms with E-state index in [1.165, 1.54) is 0 Å². The van der Waals surface area contributed by atoms with Gasteiger partial charge < -0.3 is 5.11 Å². The lowest BCUT2D eigenvalue weighted by Crippen LogP contribution is -2.37. The molecule has 1 saturated heterocycles. The maximum atomic E-state index is 10.8. The minimum absolute atomic E-state index is 0.438. The molecule has 0 radical (unpaired) electrons. The lowest BCUT2D eigenvalue weighted by atomic mass is 10.0.